The van der Waals surface area contributed by atoms with Crippen molar-refractivity contribution in [2.75, 3.05) is 25.1 Å². The van der Waals surface area contributed by atoms with Crippen LogP contribution in [0.2, 0.25) is 0 Å². The van der Waals surface area contributed by atoms with Crippen molar-refractivity contribution in [3.63, 3.8) is 0 Å². The largest absolute Gasteiger partial charge is 0.458 e. The Morgan fingerprint density at radius 1 is 0.837 bits per heavy atom. The fraction of sp³-hybridized carbons (Fsp3) is 0.559. The molecule has 14 nitrogen and oxygen atoms in total. The predicted octanol–water partition coefficient (Wildman–Crippen LogP) is 2.60. The molecule has 0 saturated carbocycles. The summed E-state index contributed by atoms with van der Waals surface area (Å²) >= 11 is 1.49. The maximum Gasteiger partial charge on any atom is 0.407 e. The number of hydrogen-bond acceptors (Lipinski definition) is 10. The third kappa shape index (κ3) is 15.6. The third-order valence-corrected chi connectivity index (χ3v) is 7.38. The fourth-order valence-electron chi connectivity index (χ4n) is 4.48. The molecule has 49 heavy (non-hydrogen) atoms. The van der Waals surface area contributed by atoms with Gasteiger partial charge in [0.05, 0.1) is 6.54 Å². The van der Waals surface area contributed by atoms with Crippen LogP contribution in [0.4, 0.5) is 4.79 Å². The quantitative estimate of drug-likeness (QED) is 0.107. The maximum atomic E-state index is 13.1. The van der Waals surface area contributed by atoms with Gasteiger partial charge in [-0.1, -0.05) is 12.1 Å². The molecule has 0 radical (unpaired) electrons. The highest BCUT2D eigenvalue weighted by Gasteiger charge is 2.28. The molecular weight excluding hydrogens is 654 g/mol. The number of alkyl carbamates (subject to hydrolysis) is 1. The molecule has 15 heteroatoms. The molecule has 270 valence electrons. The summed E-state index contributed by atoms with van der Waals surface area (Å²) in [5.74, 6) is -2.63. The average molecular weight is 704 g/mol. The van der Waals surface area contributed by atoms with Gasteiger partial charge in [0.1, 0.15) is 23.3 Å². The molecule has 1 aromatic carbocycles. The SMILES string of the molecule is CSCC[C@H](NC(=O)c1cccc(CNC(=O)OC(C)(C)C)c1)C(=O)NCC(=O)N[C@@H](CCCCN1C(=O)C=CC1=O)C(=O)OC(C)(C)C. The number of esters is 1. The summed E-state index contributed by atoms with van der Waals surface area (Å²) in [6.45, 7) is 10.2. The van der Waals surface area contributed by atoms with E-state index in [2.05, 4.69) is 21.3 Å². The van der Waals surface area contributed by atoms with Crippen molar-refractivity contribution in [3.8, 4) is 0 Å². The lowest BCUT2D eigenvalue weighted by Gasteiger charge is -2.25. The van der Waals surface area contributed by atoms with Gasteiger partial charge < -0.3 is 30.7 Å². The van der Waals surface area contributed by atoms with Crippen molar-refractivity contribution in [2.24, 2.45) is 0 Å². The van der Waals surface area contributed by atoms with Gasteiger partial charge in [-0.25, -0.2) is 9.59 Å². The second kappa shape index (κ2) is 19.0. The highest BCUT2D eigenvalue weighted by molar-refractivity contribution is 7.98. The lowest BCUT2D eigenvalue weighted by Crippen LogP contribution is -2.51. The van der Waals surface area contributed by atoms with E-state index in [1.54, 1.807) is 65.8 Å². The topological polar surface area (TPSA) is 189 Å². The Balaban J connectivity index is 1.98. The summed E-state index contributed by atoms with van der Waals surface area (Å²) in [7, 11) is 0. The van der Waals surface area contributed by atoms with Crippen LogP contribution in [0, 0.1) is 0 Å². The molecule has 0 saturated heterocycles. The Morgan fingerprint density at radius 3 is 2.10 bits per heavy atom. The minimum Gasteiger partial charge on any atom is -0.458 e. The number of carbonyl (C=O) groups is 7. The number of nitrogens with zero attached hydrogens (tertiary/aromatic N) is 1. The number of rotatable bonds is 17. The van der Waals surface area contributed by atoms with Gasteiger partial charge in [-0.3, -0.25) is 28.9 Å². The number of amides is 6. The van der Waals surface area contributed by atoms with Crippen molar-refractivity contribution in [2.45, 2.75) is 97.1 Å². The van der Waals surface area contributed by atoms with Crippen molar-refractivity contribution in [3.05, 3.63) is 47.5 Å². The normalized spacial score (nSPS) is 14.1. The van der Waals surface area contributed by atoms with Crippen LogP contribution in [-0.2, 0) is 40.0 Å². The Morgan fingerprint density at radius 2 is 1.49 bits per heavy atom. The molecule has 0 aromatic heterocycles. The first-order valence-electron chi connectivity index (χ1n) is 16.1. The fourth-order valence-corrected chi connectivity index (χ4v) is 4.96. The molecule has 2 rings (SSSR count). The molecule has 1 aliphatic heterocycles. The molecule has 1 heterocycles. The first kappa shape index (κ1) is 40.8. The Labute approximate surface area is 291 Å². The second-order valence-corrected chi connectivity index (χ2v) is 14.4. The van der Waals surface area contributed by atoms with Crippen molar-refractivity contribution < 1.29 is 43.0 Å². The van der Waals surface area contributed by atoms with E-state index in [0.29, 0.717) is 30.6 Å². The lowest BCUT2D eigenvalue weighted by atomic mass is 10.1. The van der Waals surface area contributed by atoms with Crippen molar-refractivity contribution in [1.29, 1.82) is 0 Å². The van der Waals surface area contributed by atoms with Gasteiger partial charge in [-0.2, -0.15) is 11.8 Å². The molecule has 0 spiro atoms. The van der Waals surface area contributed by atoms with Crippen molar-refractivity contribution in [1.82, 2.24) is 26.2 Å². The van der Waals surface area contributed by atoms with Crippen LogP contribution in [-0.4, -0.2) is 94.9 Å². The van der Waals surface area contributed by atoms with Gasteiger partial charge >= 0.3 is 12.1 Å². The van der Waals surface area contributed by atoms with Gasteiger partial charge in [0.25, 0.3) is 17.7 Å². The molecule has 0 bridgehead atoms. The summed E-state index contributed by atoms with van der Waals surface area (Å²) in [5.41, 5.74) is -0.546. The molecular formula is C34H49N5O9S. The molecule has 1 aliphatic rings. The number of thioether (sulfide) groups is 1. The predicted molar refractivity (Wildman–Crippen MR) is 184 cm³/mol. The van der Waals surface area contributed by atoms with Crippen LogP contribution in [0.15, 0.2) is 36.4 Å². The number of benzene rings is 1. The summed E-state index contributed by atoms with van der Waals surface area (Å²) in [6.07, 6.45) is 4.94. The number of nitrogens with one attached hydrogen (secondary N) is 4. The minimum atomic E-state index is -1.03. The Kier molecular flexibility index (Phi) is 15.8. The van der Waals surface area contributed by atoms with Crippen LogP contribution >= 0.6 is 11.8 Å². The number of carbonyl (C=O) groups excluding carboxylic acids is 7. The van der Waals surface area contributed by atoms with Gasteiger partial charge in [0, 0.05) is 30.8 Å². The maximum absolute atomic E-state index is 13.1. The zero-order chi connectivity index (χ0) is 36.8. The standard InChI is InChI=1S/C34H49N5O9S/c1-33(2,3)47-31(45)25(13-8-9-17-39-27(41)14-15-28(39)42)37-26(40)21-35-30(44)24(16-18-49-7)38-29(43)23-12-10-11-22(19-23)20-36-32(46)48-34(4,5)6/h10-12,14-15,19,24-25H,8-9,13,16-18,20-21H2,1-7H3,(H,35,44)(H,36,46)(H,37,40)(H,38,43)/t24-,25-/m0/s1. The number of ether oxygens (including phenoxy) is 2. The number of hydrogen-bond donors (Lipinski definition) is 4. The molecule has 6 amide bonds. The summed E-state index contributed by atoms with van der Waals surface area (Å²) < 4.78 is 10.7. The monoisotopic (exact) mass is 703 g/mol. The van der Waals surface area contributed by atoms with E-state index in [1.165, 1.54) is 23.9 Å². The molecule has 0 aliphatic carbocycles. The van der Waals surface area contributed by atoms with Gasteiger partial charge in [0.2, 0.25) is 11.8 Å². The van der Waals surface area contributed by atoms with Gasteiger partial charge in [-0.05, 0) is 96.9 Å². The van der Waals surface area contributed by atoms with E-state index in [-0.39, 0.29) is 25.1 Å². The minimum absolute atomic E-state index is 0.126. The van der Waals surface area contributed by atoms with E-state index in [9.17, 15) is 33.6 Å². The summed E-state index contributed by atoms with van der Waals surface area (Å²) in [6, 6.07) is 4.59. The van der Waals surface area contributed by atoms with Crippen LogP contribution in [0.25, 0.3) is 0 Å². The highest BCUT2D eigenvalue weighted by Crippen LogP contribution is 2.14. The Bertz CT molecular complexity index is 1380. The van der Waals surface area contributed by atoms with Crippen LogP contribution < -0.4 is 21.3 Å². The van der Waals surface area contributed by atoms with E-state index in [4.69, 9.17) is 9.47 Å². The summed E-state index contributed by atoms with van der Waals surface area (Å²) in [5, 5.41) is 10.5. The third-order valence-electron chi connectivity index (χ3n) is 6.73. The molecule has 0 fully saturated rings. The number of unbranched alkanes of at least 4 members (excludes halogenated alkanes) is 1. The molecule has 0 unspecified atom stereocenters. The zero-order valence-electron chi connectivity index (χ0n) is 29.3. The van der Waals surface area contributed by atoms with Gasteiger partial charge in [0.15, 0.2) is 0 Å². The van der Waals surface area contributed by atoms with E-state index in [0.717, 1.165) is 4.90 Å². The molecule has 1 aromatic rings. The zero-order valence-corrected chi connectivity index (χ0v) is 30.1. The van der Waals surface area contributed by atoms with Crippen LogP contribution in [0.1, 0.15) is 83.1 Å². The van der Waals surface area contributed by atoms with Crippen molar-refractivity contribution >= 4 is 53.4 Å². The van der Waals surface area contributed by atoms with Gasteiger partial charge in [-0.15, -0.1) is 0 Å². The van der Waals surface area contributed by atoms with E-state index >= 15 is 0 Å². The number of imide groups is 1. The molecule has 4 N–H and O–H groups in total. The second-order valence-electron chi connectivity index (χ2n) is 13.4. The van der Waals surface area contributed by atoms with E-state index in [1.807, 2.05) is 6.26 Å². The lowest BCUT2D eigenvalue weighted by molar-refractivity contribution is -0.159. The molecule has 2 atom stereocenters. The van der Waals surface area contributed by atoms with Crippen LogP contribution in [0.5, 0.6) is 0 Å². The smallest absolute Gasteiger partial charge is 0.407 e. The first-order chi connectivity index (χ1) is 22.9. The highest BCUT2D eigenvalue weighted by atomic mass is 32.2. The summed E-state index contributed by atoms with van der Waals surface area (Å²) in [4.78, 5) is 88.8. The Hall–Kier alpha value is -4.40. The average Bonchev–Trinajstić information content (AvgIpc) is 3.32. The van der Waals surface area contributed by atoms with Crippen LogP contribution in [0.3, 0.4) is 0 Å². The van der Waals surface area contributed by atoms with E-state index < -0.39 is 71.4 Å². The first-order valence-corrected chi connectivity index (χ1v) is 17.5.